The standard InChI is InChI=1S/C20H18ClN3O3/c1-26-13-7-8-16(27-2)14(9-13)15-10-17(25)22-20-18(15)19(23-24-20)11-3-5-12(21)6-4-11/h3-9,15H,10H2,1-2H3,(H2,22,23,24,25). The smallest absolute Gasteiger partial charge is 0.226 e. The van der Waals surface area contributed by atoms with E-state index in [-0.39, 0.29) is 18.2 Å². The van der Waals surface area contributed by atoms with E-state index in [4.69, 9.17) is 21.1 Å². The predicted octanol–water partition coefficient (Wildman–Crippen LogP) is 4.22. The van der Waals surface area contributed by atoms with E-state index in [1.165, 1.54) is 0 Å². The zero-order valence-electron chi connectivity index (χ0n) is 14.9. The minimum absolute atomic E-state index is 0.0912. The molecular formula is C20H18ClN3O3. The van der Waals surface area contributed by atoms with Crippen LogP contribution in [-0.4, -0.2) is 30.3 Å². The lowest BCUT2D eigenvalue weighted by Crippen LogP contribution is -2.23. The van der Waals surface area contributed by atoms with Gasteiger partial charge in [-0.2, -0.15) is 5.10 Å². The zero-order valence-corrected chi connectivity index (χ0v) is 15.6. The largest absolute Gasteiger partial charge is 0.497 e. The number of carbonyl (C=O) groups excluding carboxylic acids is 1. The van der Waals surface area contributed by atoms with Crippen LogP contribution >= 0.6 is 11.6 Å². The van der Waals surface area contributed by atoms with Gasteiger partial charge in [0.1, 0.15) is 11.5 Å². The number of nitrogens with one attached hydrogen (secondary N) is 2. The Morgan fingerprint density at radius 1 is 1.11 bits per heavy atom. The highest BCUT2D eigenvalue weighted by atomic mass is 35.5. The summed E-state index contributed by atoms with van der Waals surface area (Å²) in [6, 6.07) is 13.1. The minimum atomic E-state index is -0.219. The molecule has 0 aliphatic carbocycles. The Hall–Kier alpha value is -2.99. The van der Waals surface area contributed by atoms with Crippen LogP contribution < -0.4 is 14.8 Å². The molecule has 1 atom stereocenters. The van der Waals surface area contributed by atoms with Crippen LogP contribution in [0, 0.1) is 0 Å². The predicted molar refractivity (Wildman–Crippen MR) is 104 cm³/mol. The van der Waals surface area contributed by atoms with Gasteiger partial charge in [0, 0.05) is 34.1 Å². The van der Waals surface area contributed by atoms with E-state index in [1.54, 1.807) is 14.2 Å². The molecule has 1 aliphatic rings. The SMILES string of the molecule is COc1ccc(OC)c(C2CC(=O)Nc3n[nH]c(-c4ccc(Cl)cc4)c32)c1. The van der Waals surface area contributed by atoms with Gasteiger partial charge in [-0.1, -0.05) is 23.7 Å². The van der Waals surface area contributed by atoms with Gasteiger partial charge in [0.2, 0.25) is 5.91 Å². The van der Waals surface area contributed by atoms with E-state index in [9.17, 15) is 4.79 Å². The van der Waals surface area contributed by atoms with E-state index in [0.29, 0.717) is 22.3 Å². The molecule has 1 unspecified atom stereocenters. The van der Waals surface area contributed by atoms with Crippen molar-refractivity contribution in [3.05, 3.63) is 58.6 Å². The molecule has 1 amide bonds. The second-order valence-corrected chi connectivity index (χ2v) is 6.72. The first-order valence-corrected chi connectivity index (χ1v) is 8.84. The molecule has 6 nitrogen and oxygen atoms in total. The van der Waals surface area contributed by atoms with E-state index < -0.39 is 0 Å². The van der Waals surface area contributed by atoms with Gasteiger partial charge in [-0.3, -0.25) is 9.89 Å². The maximum Gasteiger partial charge on any atom is 0.226 e. The zero-order chi connectivity index (χ0) is 19.0. The van der Waals surface area contributed by atoms with Crippen LogP contribution in [0.1, 0.15) is 23.5 Å². The number of carbonyl (C=O) groups is 1. The monoisotopic (exact) mass is 383 g/mol. The maximum atomic E-state index is 12.3. The molecule has 27 heavy (non-hydrogen) atoms. The second kappa shape index (κ2) is 6.96. The third kappa shape index (κ3) is 3.13. The number of hydrogen-bond acceptors (Lipinski definition) is 4. The lowest BCUT2D eigenvalue weighted by Gasteiger charge is -2.25. The highest BCUT2D eigenvalue weighted by Crippen LogP contribution is 2.45. The van der Waals surface area contributed by atoms with Crippen LogP contribution in [0.2, 0.25) is 5.02 Å². The summed E-state index contributed by atoms with van der Waals surface area (Å²) in [6.07, 6.45) is 0.288. The number of methoxy groups -OCH3 is 2. The number of nitrogens with zero attached hydrogens (tertiary/aromatic N) is 1. The van der Waals surface area contributed by atoms with Crippen molar-refractivity contribution < 1.29 is 14.3 Å². The fourth-order valence-corrected chi connectivity index (χ4v) is 3.60. The molecule has 2 aromatic carbocycles. The van der Waals surface area contributed by atoms with Crippen molar-refractivity contribution >= 4 is 23.3 Å². The first kappa shape index (κ1) is 17.4. The lowest BCUT2D eigenvalue weighted by molar-refractivity contribution is -0.116. The molecule has 1 aromatic heterocycles. The Bertz CT molecular complexity index is 998. The fourth-order valence-electron chi connectivity index (χ4n) is 3.47. The Morgan fingerprint density at radius 2 is 1.89 bits per heavy atom. The van der Waals surface area contributed by atoms with Gasteiger partial charge in [-0.25, -0.2) is 0 Å². The summed E-state index contributed by atoms with van der Waals surface area (Å²) in [5.74, 6) is 1.63. The minimum Gasteiger partial charge on any atom is -0.497 e. The molecule has 7 heteroatoms. The Kier molecular flexibility index (Phi) is 4.49. The van der Waals surface area contributed by atoms with Crippen LogP contribution in [0.3, 0.4) is 0 Å². The first-order valence-electron chi connectivity index (χ1n) is 8.46. The summed E-state index contributed by atoms with van der Waals surface area (Å²) in [6.45, 7) is 0. The Labute approximate surface area is 161 Å². The Balaban J connectivity index is 1.89. The van der Waals surface area contributed by atoms with Gasteiger partial charge in [-0.05, 0) is 30.3 Å². The van der Waals surface area contributed by atoms with Gasteiger partial charge in [0.25, 0.3) is 0 Å². The summed E-state index contributed by atoms with van der Waals surface area (Å²) in [4.78, 5) is 12.3. The van der Waals surface area contributed by atoms with Crippen LogP contribution in [0.4, 0.5) is 5.82 Å². The number of amides is 1. The normalized spacial score (nSPS) is 15.8. The average molecular weight is 384 g/mol. The number of aromatic nitrogens is 2. The topological polar surface area (TPSA) is 76.2 Å². The number of H-pyrrole nitrogens is 1. The third-order valence-corrected chi connectivity index (χ3v) is 5.00. The average Bonchev–Trinajstić information content (AvgIpc) is 3.11. The van der Waals surface area contributed by atoms with Crippen molar-refractivity contribution in [1.82, 2.24) is 10.2 Å². The van der Waals surface area contributed by atoms with E-state index in [0.717, 1.165) is 22.4 Å². The summed E-state index contributed by atoms with van der Waals surface area (Å²) in [5.41, 5.74) is 3.58. The quantitative estimate of drug-likeness (QED) is 0.707. The summed E-state index contributed by atoms with van der Waals surface area (Å²) >= 11 is 6.02. The van der Waals surface area contributed by atoms with Crippen molar-refractivity contribution in [3.8, 4) is 22.8 Å². The number of hydrogen-bond donors (Lipinski definition) is 2. The first-order chi connectivity index (χ1) is 13.1. The van der Waals surface area contributed by atoms with Gasteiger partial charge >= 0.3 is 0 Å². The molecule has 0 radical (unpaired) electrons. The molecule has 0 saturated carbocycles. The number of rotatable bonds is 4. The van der Waals surface area contributed by atoms with Crippen molar-refractivity contribution in [2.75, 3.05) is 19.5 Å². The number of aromatic amines is 1. The second-order valence-electron chi connectivity index (χ2n) is 6.28. The van der Waals surface area contributed by atoms with Crippen molar-refractivity contribution in [3.63, 3.8) is 0 Å². The van der Waals surface area contributed by atoms with E-state index >= 15 is 0 Å². The Morgan fingerprint density at radius 3 is 2.59 bits per heavy atom. The number of ether oxygens (including phenoxy) is 2. The van der Waals surface area contributed by atoms with Gasteiger partial charge in [0.15, 0.2) is 5.82 Å². The number of halogens is 1. The fraction of sp³-hybridized carbons (Fsp3) is 0.200. The van der Waals surface area contributed by atoms with Crippen LogP contribution in [0.25, 0.3) is 11.3 Å². The van der Waals surface area contributed by atoms with Crippen molar-refractivity contribution in [1.29, 1.82) is 0 Å². The molecule has 3 aromatic rings. The van der Waals surface area contributed by atoms with Gasteiger partial charge in [-0.15, -0.1) is 0 Å². The van der Waals surface area contributed by atoms with Crippen molar-refractivity contribution in [2.45, 2.75) is 12.3 Å². The molecule has 1 aliphatic heterocycles. The molecule has 0 spiro atoms. The van der Waals surface area contributed by atoms with Crippen LogP contribution in [0.15, 0.2) is 42.5 Å². The molecular weight excluding hydrogens is 366 g/mol. The molecule has 4 rings (SSSR count). The molecule has 138 valence electrons. The molecule has 0 bridgehead atoms. The van der Waals surface area contributed by atoms with Crippen LogP contribution in [0.5, 0.6) is 11.5 Å². The number of fused-ring (bicyclic) bond motifs is 1. The summed E-state index contributed by atoms with van der Waals surface area (Å²) < 4.78 is 10.9. The van der Waals surface area contributed by atoms with Crippen molar-refractivity contribution in [2.24, 2.45) is 0 Å². The van der Waals surface area contributed by atoms with E-state index in [2.05, 4.69) is 15.5 Å². The third-order valence-electron chi connectivity index (χ3n) is 4.74. The molecule has 2 heterocycles. The summed E-state index contributed by atoms with van der Waals surface area (Å²) in [7, 11) is 3.23. The van der Waals surface area contributed by atoms with Crippen LogP contribution in [-0.2, 0) is 4.79 Å². The molecule has 0 fully saturated rings. The maximum absolute atomic E-state index is 12.3. The number of anilines is 1. The van der Waals surface area contributed by atoms with E-state index in [1.807, 2.05) is 42.5 Å². The number of benzene rings is 2. The molecule has 2 N–H and O–H groups in total. The highest BCUT2D eigenvalue weighted by Gasteiger charge is 2.33. The molecule has 0 saturated heterocycles. The highest BCUT2D eigenvalue weighted by molar-refractivity contribution is 6.30. The van der Waals surface area contributed by atoms with Gasteiger partial charge < -0.3 is 14.8 Å². The van der Waals surface area contributed by atoms with Gasteiger partial charge in [0.05, 0.1) is 19.9 Å². The lowest BCUT2D eigenvalue weighted by atomic mass is 9.84. The summed E-state index contributed by atoms with van der Waals surface area (Å²) in [5, 5.41) is 10.9.